The highest BCUT2D eigenvalue weighted by molar-refractivity contribution is 7.18. The van der Waals surface area contributed by atoms with E-state index in [0.717, 1.165) is 21.4 Å². The molecular formula is C19H18N6S. The van der Waals surface area contributed by atoms with Gasteiger partial charge in [-0.15, -0.1) is 10.2 Å². The third-order valence-electron chi connectivity index (χ3n) is 4.38. The Bertz CT molecular complexity index is 963. The minimum Gasteiger partial charge on any atom is -0.343 e. The lowest BCUT2D eigenvalue weighted by Crippen LogP contribution is -2.21. The quantitative estimate of drug-likeness (QED) is 0.537. The smallest absolute Gasteiger partial charge is 0.208 e. The second-order valence-corrected chi connectivity index (χ2v) is 6.93. The van der Waals surface area contributed by atoms with Gasteiger partial charge in [0.1, 0.15) is 17.7 Å². The molecule has 0 bridgehead atoms. The summed E-state index contributed by atoms with van der Waals surface area (Å²) < 4.78 is 1.75. The van der Waals surface area contributed by atoms with Crippen LogP contribution in [0.2, 0.25) is 0 Å². The van der Waals surface area contributed by atoms with Crippen molar-refractivity contribution in [3.63, 3.8) is 0 Å². The van der Waals surface area contributed by atoms with E-state index in [1.807, 2.05) is 37.4 Å². The molecule has 0 saturated heterocycles. The summed E-state index contributed by atoms with van der Waals surface area (Å²) in [7, 11) is 2.05. The van der Waals surface area contributed by atoms with Crippen molar-refractivity contribution in [1.82, 2.24) is 25.0 Å². The van der Waals surface area contributed by atoms with E-state index in [2.05, 4.69) is 56.4 Å². The minimum atomic E-state index is 0.177. The summed E-state index contributed by atoms with van der Waals surface area (Å²) in [4.78, 5) is 6.13. The number of benzene rings is 2. The van der Waals surface area contributed by atoms with Crippen molar-refractivity contribution in [3.8, 4) is 16.3 Å². The van der Waals surface area contributed by atoms with Gasteiger partial charge in [-0.05, 0) is 24.6 Å². The van der Waals surface area contributed by atoms with Gasteiger partial charge >= 0.3 is 0 Å². The van der Waals surface area contributed by atoms with Crippen LogP contribution in [-0.2, 0) is 0 Å². The van der Waals surface area contributed by atoms with E-state index >= 15 is 0 Å². The van der Waals surface area contributed by atoms with Crippen LogP contribution in [-0.4, -0.2) is 32.0 Å². The zero-order valence-electron chi connectivity index (χ0n) is 14.5. The molecule has 4 aromatic rings. The van der Waals surface area contributed by atoms with Gasteiger partial charge in [0.05, 0.1) is 11.7 Å². The molecule has 6 nitrogen and oxygen atoms in total. The molecule has 26 heavy (non-hydrogen) atoms. The summed E-state index contributed by atoms with van der Waals surface area (Å²) in [5.41, 5.74) is 3.28. The number of hydrogen-bond donors (Lipinski definition) is 0. The summed E-state index contributed by atoms with van der Waals surface area (Å²) >= 11 is 1.60. The largest absolute Gasteiger partial charge is 0.343 e. The lowest BCUT2D eigenvalue weighted by atomic mass is 10.1. The van der Waals surface area contributed by atoms with Gasteiger partial charge in [-0.3, -0.25) is 0 Å². The first kappa shape index (κ1) is 16.4. The molecule has 2 aromatic carbocycles. The Kier molecular flexibility index (Phi) is 4.45. The van der Waals surface area contributed by atoms with Crippen molar-refractivity contribution in [2.45, 2.75) is 13.0 Å². The lowest BCUT2D eigenvalue weighted by molar-refractivity contribution is 0.730. The average Bonchev–Trinajstić information content (AvgIpc) is 3.40. The van der Waals surface area contributed by atoms with Crippen molar-refractivity contribution in [2.75, 3.05) is 11.9 Å². The zero-order valence-corrected chi connectivity index (χ0v) is 15.3. The van der Waals surface area contributed by atoms with E-state index in [4.69, 9.17) is 0 Å². The summed E-state index contributed by atoms with van der Waals surface area (Å²) in [6.45, 7) is 2.16. The van der Waals surface area contributed by atoms with Crippen LogP contribution in [0, 0.1) is 0 Å². The third-order valence-corrected chi connectivity index (χ3v) is 5.44. The molecule has 0 N–H and O–H groups in total. The van der Waals surface area contributed by atoms with Crippen LogP contribution >= 0.6 is 11.3 Å². The van der Waals surface area contributed by atoms with Gasteiger partial charge in [0, 0.05) is 12.6 Å². The molecule has 130 valence electrons. The molecule has 7 heteroatoms. The molecule has 0 spiro atoms. The van der Waals surface area contributed by atoms with Crippen LogP contribution in [0.5, 0.6) is 0 Å². The van der Waals surface area contributed by atoms with Gasteiger partial charge in [0.2, 0.25) is 5.13 Å². The summed E-state index contributed by atoms with van der Waals surface area (Å²) in [6.07, 6.45) is 3.22. The van der Waals surface area contributed by atoms with Crippen molar-refractivity contribution in [1.29, 1.82) is 0 Å². The highest BCUT2D eigenvalue weighted by atomic mass is 32.1. The van der Waals surface area contributed by atoms with E-state index < -0.39 is 0 Å². The molecule has 0 fully saturated rings. The standard InChI is InChI=1S/C19H18N6S/c1-14(15-8-10-17(11-9-15)25-13-20-12-21-25)24(2)19-23-22-18(26-19)16-6-4-3-5-7-16/h3-14H,1-2H3. The van der Waals surface area contributed by atoms with Gasteiger partial charge in [-0.1, -0.05) is 53.8 Å². The SMILES string of the molecule is CC(c1ccc(-n2cncn2)cc1)N(C)c1nnc(-c2ccccc2)s1. The topological polar surface area (TPSA) is 59.7 Å². The number of nitrogens with zero attached hydrogens (tertiary/aromatic N) is 6. The fourth-order valence-electron chi connectivity index (χ4n) is 2.69. The van der Waals surface area contributed by atoms with E-state index in [1.165, 1.54) is 11.9 Å². The Morgan fingerprint density at radius 2 is 1.77 bits per heavy atom. The van der Waals surface area contributed by atoms with Crippen LogP contribution in [0.25, 0.3) is 16.3 Å². The molecule has 1 unspecified atom stereocenters. The number of rotatable bonds is 5. The van der Waals surface area contributed by atoms with Gasteiger partial charge in [-0.2, -0.15) is 5.10 Å². The van der Waals surface area contributed by atoms with Gasteiger partial charge in [0.15, 0.2) is 0 Å². The average molecular weight is 362 g/mol. The maximum Gasteiger partial charge on any atom is 0.208 e. The van der Waals surface area contributed by atoms with Crippen molar-refractivity contribution in [2.24, 2.45) is 0 Å². The second-order valence-electron chi connectivity index (χ2n) is 5.97. The third kappa shape index (κ3) is 3.21. The Morgan fingerprint density at radius 3 is 2.46 bits per heavy atom. The first-order chi connectivity index (χ1) is 12.7. The predicted molar refractivity (Wildman–Crippen MR) is 104 cm³/mol. The molecule has 0 aliphatic rings. The Hall–Kier alpha value is -3.06. The van der Waals surface area contributed by atoms with E-state index in [9.17, 15) is 0 Å². The van der Waals surface area contributed by atoms with Gasteiger partial charge in [-0.25, -0.2) is 9.67 Å². The summed E-state index contributed by atoms with van der Waals surface area (Å²) in [5, 5.41) is 14.7. The monoisotopic (exact) mass is 362 g/mol. The molecule has 0 aliphatic heterocycles. The van der Waals surface area contributed by atoms with Crippen molar-refractivity contribution >= 4 is 16.5 Å². The zero-order chi connectivity index (χ0) is 17.9. The normalized spacial score (nSPS) is 12.1. The van der Waals surface area contributed by atoms with Crippen LogP contribution in [0.3, 0.4) is 0 Å². The Morgan fingerprint density at radius 1 is 1.00 bits per heavy atom. The lowest BCUT2D eigenvalue weighted by Gasteiger charge is -2.24. The molecular weight excluding hydrogens is 344 g/mol. The van der Waals surface area contributed by atoms with Crippen molar-refractivity contribution in [3.05, 3.63) is 72.8 Å². The molecule has 2 heterocycles. The number of anilines is 1. The fourth-order valence-corrected chi connectivity index (χ4v) is 3.58. The second kappa shape index (κ2) is 7.05. The van der Waals surface area contributed by atoms with E-state index in [1.54, 1.807) is 22.3 Å². The molecule has 0 amide bonds. The first-order valence-corrected chi connectivity index (χ1v) is 9.11. The number of aromatic nitrogens is 5. The minimum absolute atomic E-state index is 0.177. The Labute approximate surface area is 155 Å². The van der Waals surface area contributed by atoms with Crippen LogP contribution < -0.4 is 4.90 Å². The van der Waals surface area contributed by atoms with Crippen LogP contribution in [0.15, 0.2) is 67.3 Å². The fraction of sp³-hybridized carbons (Fsp3) is 0.158. The maximum absolute atomic E-state index is 4.37. The molecule has 0 saturated carbocycles. The predicted octanol–water partition coefficient (Wildman–Crippen LogP) is 3.98. The summed E-state index contributed by atoms with van der Waals surface area (Å²) in [6, 6.07) is 18.6. The summed E-state index contributed by atoms with van der Waals surface area (Å²) in [5.74, 6) is 0. The van der Waals surface area contributed by atoms with Crippen LogP contribution in [0.4, 0.5) is 5.13 Å². The van der Waals surface area contributed by atoms with Gasteiger partial charge < -0.3 is 4.90 Å². The van der Waals surface area contributed by atoms with Crippen LogP contribution in [0.1, 0.15) is 18.5 Å². The van der Waals surface area contributed by atoms with E-state index in [-0.39, 0.29) is 6.04 Å². The van der Waals surface area contributed by atoms with Crippen molar-refractivity contribution < 1.29 is 0 Å². The molecule has 0 aliphatic carbocycles. The highest BCUT2D eigenvalue weighted by Gasteiger charge is 2.17. The molecule has 1 atom stereocenters. The highest BCUT2D eigenvalue weighted by Crippen LogP contribution is 2.32. The first-order valence-electron chi connectivity index (χ1n) is 8.29. The van der Waals surface area contributed by atoms with E-state index in [0.29, 0.717) is 0 Å². The Balaban J connectivity index is 1.53. The molecule has 2 aromatic heterocycles. The van der Waals surface area contributed by atoms with Gasteiger partial charge in [0.25, 0.3) is 0 Å². The molecule has 4 rings (SSSR count). The number of hydrogen-bond acceptors (Lipinski definition) is 6. The maximum atomic E-state index is 4.37. The molecule has 0 radical (unpaired) electrons.